The largest absolute Gasteiger partial charge is 0.276 e. The molecule has 0 bridgehead atoms. The van der Waals surface area contributed by atoms with Crippen molar-refractivity contribution in [1.29, 1.82) is 5.26 Å². The minimum absolute atomic E-state index is 0.0101. The summed E-state index contributed by atoms with van der Waals surface area (Å²) < 4.78 is 74.0. The molecule has 5 nitrogen and oxygen atoms in total. The van der Waals surface area contributed by atoms with Crippen molar-refractivity contribution in [2.45, 2.75) is 114 Å². The van der Waals surface area contributed by atoms with Crippen molar-refractivity contribution in [3.63, 3.8) is 0 Å². The van der Waals surface area contributed by atoms with Gasteiger partial charge < -0.3 is 0 Å². The lowest BCUT2D eigenvalue weighted by Crippen LogP contribution is -2.18. The van der Waals surface area contributed by atoms with Gasteiger partial charge in [-0.05, 0) is 93.5 Å². The molecule has 2 aromatic rings. The van der Waals surface area contributed by atoms with Gasteiger partial charge in [-0.3, -0.25) is 9.71 Å². The predicted octanol–water partition coefficient (Wildman–Crippen LogP) is 13.9. The van der Waals surface area contributed by atoms with Gasteiger partial charge in [0.05, 0.1) is 22.4 Å². The van der Waals surface area contributed by atoms with E-state index < -0.39 is 38.1 Å². The number of nitrogens with one attached hydrogen (secondary N) is 1. The Morgan fingerprint density at radius 3 is 1.98 bits per heavy atom. The minimum atomic E-state index is -4.86. The molecule has 0 aromatic heterocycles. The third-order valence-corrected chi connectivity index (χ3v) is 10.1. The molecule has 0 aliphatic carbocycles. The number of unbranched alkanes of at least 4 members (excludes halogenated alkanes) is 1. The van der Waals surface area contributed by atoms with E-state index in [0.717, 1.165) is 47.2 Å². The smallest absolute Gasteiger partial charge is 0.267 e. The molecule has 0 radical (unpaired) electrons. The molecule has 0 heterocycles. The molecule has 0 aliphatic rings. The number of hydrogen-bond acceptors (Lipinski definition) is 5. The van der Waals surface area contributed by atoms with Crippen molar-refractivity contribution in [2.24, 2.45) is 16.8 Å². The number of benzene rings is 2. The Hall–Kier alpha value is -3.81. The highest BCUT2D eigenvalue weighted by Gasteiger charge is 2.29. The molecule has 2 unspecified atom stereocenters. The van der Waals surface area contributed by atoms with Crippen LogP contribution in [0.15, 0.2) is 99.6 Å². The van der Waals surface area contributed by atoms with E-state index in [0.29, 0.717) is 24.0 Å². The number of allylic oxidation sites excluding steroid dienone is 8. The molecule has 294 valence electrons. The Bertz CT molecular complexity index is 1730. The van der Waals surface area contributed by atoms with E-state index in [1.165, 1.54) is 30.0 Å². The predicted molar refractivity (Wildman–Crippen MR) is 225 cm³/mol. The summed E-state index contributed by atoms with van der Waals surface area (Å²) in [6, 6.07) is 9.13. The third kappa shape index (κ3) is 15.6. The first-order valence-electron chi connectivity index (χ1n) is 18.3. The molecule has 2 aromatic carbocycles. The number of nitriles is 1. The number of aliphatic imine (C=N–C) groups is 1. The molecule has 2 rings (SSSR count). The van der Waals surface area contributed by atoms with Gasteiger partial charge in [0.15, 0.2) is 10.7 Å². The highest BCUT2D eigenvalue weighted by atomic mass is 32.2. The first-order valence-corrected chi connectivity index (χ1v) is 21.0. The van der Waals surface area contributed by atoms with Crippen LogP contribution in [0.3, 0.4) is 0 Å². The van der Waals surface area contributed by atoms with Gasteiger partial charge in [-0.15, -0.1) is 18.3 Å². The molecule has 0 fully saturated rings. The zero-order chi connectivity index (χ0) is 41.3. The summed E-state index contributed by atoms with van der Waals surface area (Å²) in [5, 5.41) is 11.5. The second kappa shape index (κ2) is 27.7. The summed E-state index contributed by atoms with van der Waals surface area (Å²) in [7, 11) is -4.86. The molecule has 0 saturated carbocycles. The normalized spacial score (nSPS) is 13.7. The number of sulfonamides is 1. The van der Waals surface area contributed by atoms with Crippen LogP contribution in [-0.4, -0.2) is 19.7 Å². The zero-order valence-corrected chi connectivity index (χ0v) is 35.8. The maximum absolute atomic E-state index is 16.7. The lowest BCUT2D eigenvalue weighted by atomic mass is 9.79. The molecule has 10 heteroatoms. The van der Waals surface area contributed by atoms with Crippen molar-refractivity contribution in [2.75, 3.05) is 11.0 Å². The standard InChI is InChI=1S/C36H44F3N3O2S2.C3H6.2C2H6/c1-9-12-15-27(20-21-41-26(7)45-8)33(24(5)11-3)34(29(22-40)25(6)23(4)10-2)28-16-13-19-32(35(28)39)42-46(43,44)36-30(37)17-14-18-31(36)38;1-3-2;2*1-2/h13-21,23-24,42H,9-12H2,1-8H3;3H,1H2,2H3;2*1-2H3/b21-20-,27-15-,29-25+,34-33+,41-26?;;;. The number of thioether (sulfide) groups is 1. The summed E-state index contributed by atoms with van der Waals surface area (Å²) in [5.41, 5.74) is 2.34. The summed E-state index contributed by atoms with van der Waals surface area (Å²) in [6.07, 6.45) is 12.2. The van der Waals surface area contributed by atoms with Crippen molar-refractivity contribution >= 4 is 38.1 Å². The van der Waals surface area contributed by atoms with Crippen LogP contribution >= 0.6 is 11.8 Å². The lowest BCUT2D eigenvalue weighted by molar-refractivity contribution is 0.521. The van der Waals surface area contributed by atoms with Gasteiger partial charge in [0.2, 0.25) is 0 Å². The maximum Gasteiger partial charge on any atom is 0.267 e. The Kier molecular flexibility index (Phi) is 26.9. The van der Waals surface area contributed by atoms with Crippen LogP contribution in [0.2, 0.25) is 0 Å². The summed E-state index contributed by atoms with van der Waals surface area (Å²) >= 11 is 1.51. The summed E-state index contributed by atoms with van der Waals surface area (Å²) in [5.74, 6) is -3.75. The van der Waals surface area contributed by atoms with Crippen molar-refractivity contribution < 1.29 is 21.6 Å². The van der Waals surface area contributed by atoms with Crippen LogP contribution in [0.25, 0.3) is 5.57 Å². The Labute approximate surface area is 324 Å². The molecule has 2 atom stereocenters. The minimum Gasteiger partial charge on any atom is -0.276 e. The van der Waals surface area contributed by atoms with E-state index in [4.69, 9.17) is 0 Å². The van der Waals surface area contributed by atoms with Gasteiger partial charge in [-0.1, -0.05) is 105 Å². The van der Waals surface area contributed by atoms with E-state index in [1.807, 2.05) is 106 Å². The molecular formula is C43H62F3N3O2S2. The van der Waals surface area contributed by atoms with Gasteiger partial charge in [-0.25, -0.2) is 21.6 Å². The molecule has 0 saturated heterocycles. The monoisotopic (exact) mass is 773 g/mol. The number of anilines is 1. The van der Waals surface area contributed by atoms with Gasteiger partial charge >= 0.3 is 0 Å². The molecule has 53 heavy (non-hydrogen) atoms. The number of nitrogens with zero attached hydrogens (tertiary/aromatic N) is 2. The third-order valence-electron chi connectivity index (χ3n) is 7.95. The SMILES string of the molecule is C=CC.CC.CC.CCC/C=C(/C=C\N=C(C)SC)C(=C(\C(C#N)=C(/C)C(C)CC)c1cccc(NS(=O)(=O)c2c(F)cccc2F)c1F)\C(C)CC. The Morgan fingerprint density at radius 2 is 1.51 bits per heavy atom. The Morgan fingerprint density at radius 1 is 0.981 bits per heavy atom. The number of hydrogen-bond donors (Lipinski definition) is 1. The number of rotatable bonds is 14. The van der Waals surface area contributed by atoms with E-state index in [2.05, 4.69) is 17.6 Å². The first kappa shape index (κ1) is 51.3. The van der Waals surface area contributed by atoms with Gasteiger partial charge in [0.1, 0.15) is 11.6 Å². The molecule has 0 aliphatic heterocycles. The van der Waals surface area contributed by atoms with E-state index in [-0.39, 0.29) is 23.0 Å². The van der Waals surface area contributed by atoms with Crippen LogP contribution < -0.4 is 4.72 Å². The zero-order valence-electron chi connectivity index (χ0n) is 34.1. The lowest BCUT2D eigenvalue weighted by Gasteiger charge is -2.25. The summed E-state index contributed by atoms with van der Waals surface area (Å²) in [4.78, 5) is 3.28. The second-order valence-electron chi connectivity index (χ2n) is 11.4. The average molecular weight is 774 g/mol. The van der Waals surface area contributed by atoms with Crippen molar-refractivity contribution in [3.05, 3.63) is 113 Å². The molecule has 0 amide bonds. The average Bonchev–Trinajstić information content (AvgIpc) is 3.15. The van der Waals surface area contributed by atoms with E-state index in [9.17, 15) is 22.5 Å². The fourth-order valence-corrected chi connectivity index (χ4v) is 6.13. The molecule has 0 spiro atoms. The van der Waals surface area contributed by atoms with Crippen molar-refractivity contribution in [1.82, 2.24) is 0 Å². The highest BCUT2D eigenvalue weighted by Crippen LogP contribution is 2.41. The maximum atomic E-state index is 16.7. The quantitative estimate of drug-likeness (QED) is 0.0681. The first-order chi connectivity index (χ1) is 25.2. The molecular weight excluding hydrogens is 712 g/mol. The fraction of sp³-hybridized carbons (Fsp3) is 0.442. The van der Waals surface area contributed by atoms with Crippen LogP contribution in [-0.2, 0) is 10.0 Å². The van der Waals surface area contributed by atoms with Gasteiger partial charge in [0.25, 0.3) is 10.0 Å². The second-order valence-corrected chi connectivity index (χ2v) is 14.0. The van der Waals surface area contributed by atoms with Crippen LogP contribution in [0.4, 0.5) is 18.9 Å². The van der Waals surface area contributed by atoms with E-state index >= 15 is 4.39 Å². The topological polar surface area (TPSA) is 82.3 Å². The summed E-state index contributed by atoms with van der Waals surface area (Å²) in [6.45, 7) is 27.0. The van der Waals surface area contributed by atoms with Gasteiger partial charge in [-0.2, -0.15) is 5.26 Å². The number of halogens is 3. The van der Waals surface area contributed by atoms with Crippen LogP contribution in [0.5, 0.6) is 0 Å². The molecule has 1 N–H and O–H groups in total. The Balaban J connectivity index is 0. The fourth-order valence-electron chi connectivity index (χ4n) is 4.77. The van der Waals surface area contributed by atoms with E-state index in [1.54, 1.807) is 12.3 Å². The van der Waals surface area contributed by atoms with Crippen LogP contribution in [0.1, 0.15) is 114 Å². The van der Waals surface area contributed by atoms with Gasteiger partial charge in [0, 0.05) is 17.3 Å². The van der Waals surface area contributed by atoms with Crippen LogP contribution in [0, 0.1) is 40.6 Å². The van der Waals surface area contributed by atoms with Crippen molar-refractivity contribution in [3.8, 4) is 6.07 Å². The highest BCUT2D eigenvalue weighted by molar-refractivity contribution is 8.13.